The van der Waals surface area contributed by atoms with E-state index in [0.29, 0.717) is 12.5 Å². The van der Waals surface area contributed by atoms with Gasteiger partial charge < -0.3 is 9.80 Å². The van der Waals surface area contributed by atoms with E-state index in [1.807, 2.05) is 12.1 Å². The summed E-state index contributed by atoms with van der Waals surface area (Å²) in [5.74, 6) is 0.202. The summed E-state index contributed by atoms with van der Waals surface area (Å²) in [5, 5.41) is 0. The number of anilines is 1. The summed E-state index contributed by atoms with van der Waals surface area (Å²) in [4.78, 5) is 21.1. The highest BCUT2D eigenvalue weighted by Gasteiger charge is 2.29. The molecule has 0 saturated carbocycles. The summed E-state index contributed by atoms with van der Waals surface area (Å²) in [6.07, 6.45) is 9.00. The molecule has 0 N–H and O–H groups in total. The van der Waals surface area contributed by atoms with Crippen LogP contribution in [0.1, 0.15) is 68.1 Å². The average molecular weight is 542 g/mol. The first-order valence-corrected chi connectivity index (χ1v) is 15.3. The van der Waals surface area contributed by atoms with Crippen LogP contribution in [0.5, 0.6) is 0 Å². The van der Waals surface area contributed by atoms with Crippen molar-refractivity contribution in [3.63, 3.8) is 0 Å². The van der Waals surface area contributed by atoms with E-state index in [-0.39, 0.29) is 11.7 Å². The van der Waals surface area contributed by atoms with Crippen LogP contribution in [0.25, 0.3) is 0 Å². The summed E-state index contributed by atoms with van der Waals surface area (Å²) in [7, 11) is 0. The van der Waals surface area contributed by atoms with Gasteiger partial charge in [0.15, 0.2) is 0 Å². The molecule has 40 heavy (non-hydrogen) atoms. The molecule has 4 nitrogen and oxygen atoms in total. The Labute approximate surface area is 239 Å². The Morgan fingerprint density at radius 2 is 1.30 bits per heavy atom. The number of rotatable bonds is 5. The van der Waals surface area contributed by atoms with Gasteiger partial charge in [0.2, 0.25) is 5.91 Å². The lowest BCUT2D eigenvalue weighted by atomic mass is 9.94. The first-order valence-electron chi connectivity index (χ1n) is 15.3. The number of halogens is 1. The van der Waals surface area contributed by atoms with E-state index in [1.165, 1.54) is 61.1 Å². The van der Waals surface area contributed by atoms with Crippen LogP contribution in [-0.2, 0) is 24.4 Å². The fourth-order valence-corrected chi connectivity index (χ4v) is 6.27. The molecule has 2 heterocycles. The van der Waals surface area contributed by atoms with E-state index in [2.05, 4.69) is 69.3 Å². The highest BCUT2D eigenvalue weighted by molar-refractivity contribution is 5.79. The smallest absolute Gasteiger partial charge is 0.226 e. The summed E-state index contributed by atoms with van der Waals surface area (Å²) in [6.45, 7) is 6.06. The molecule has 0 atom stereocenters. The van der Waals surface area contributed by atoms with Crippen molar-refractivity contribution >= 4 is 11.6 Å². The maximum atomic E-state index is 14.0. The molecule has 1 amide bonds. The van der Waals surface area contributed by atoms with Crippen LogP contribution in [-0.4, -0.2) is 41.9 Å². The van der Waals surface area contributed by atoms with Crippen molar-refractivity contribution < 1.29 is 9.18 Å². The van der Waals surface area contributed by atoms with Crippen molar-refractivity contribution in [2.24, 2.45) is 5.92 Å². The van der Waals surface area contributed by atoms with Gasteiger partial charge in [-0.3, -0.25) is 9.69 Å². The monoisotopic (exact) mass is 541 g/mol. The minimum atomic E-state index is -0.195. The van der Waals surface area contributed by atoms with E-state index >= 15 is 0 Å². The summed E-state index contributed by atoms with van der Waals surface area (Å²) in [6, 6.07) is 26.2. The lowest BCUT2D eigenvalue weighted by molar-refractivity contribution is -0.137. The van der Waals surface area contributed by atoms with E-state index in [4.69, 9.17) is 0 Å². The van der Waals surface area contributed by atoms with Gasteiger partial charge in [0, 0.05) is 44.3 Å². The van der Waals surface area contributed by atoms with Crippen LogP contribution in [0.2, 0.25) is 0 Å². The van der Waals surface area contributed by atoms with Gasteiger partial charge in [-0.1, -0.05) is 86.3 Å². The molecule has 1 fully saturated rings. The van der Waals surface area contributed by atoms with Crippen molar-refractivity contribution in [3.8, 4) is 0 Å². The molecule has 0 aromatic heterocycles. The number of carbonyl (C=O) groups excluding carboxylic acids is 1. The Balaban J connectivity index is 1.28. The van der Waals surface area contributed by atoms with Gasteiger partial charge in [0.25, 0.3) is 0 Å². The number of likely N-dealkylation sites (tertiary alicyclic amines) is 1. The number of para-hydroxylation sites is 1. The van der Waals surface area contributed by atoms with Crippen molar-refractivity contribution in [2.75, 3.05) is 31.1 Å². The highest BCUT2D eigenvalue weighted by Crippen LogP contribution is 2.28. The summed E-state index contributed by atoms with van der Waals surface area (Å²) < 4.78 is 13.3. The quantitative estimate of drug-likeness (QED) is 0.336. The highest BCUT2D eigenvalue weighted by atomic mass is 19.1. The molecular formula is C35H44FN3O. The summed E-state index contributed by atoms with van der Waals surface area (Å²) in [5.41, 5.74) is 4.96. The molecule has 3 aromatic carbocycles. The number of hydrogen-bond donors (Lipinski definition) is 0. The molecular weight excluding hydrogens is 497 g/mol. The average Bonchev–Trinajstić information content (AvgIpc) is 3.00. The fraction of sp³-hybridized carbons (Fsp3) is 0.457. The molecule has 2 aliphatic heterocycles. The standard InChI is InChI=1S/C35H44FN3O/c36-33-18-16-30(17-19-33)26-37-24-20-31(21-25-37)35(40)39-23-11-4-2-1-3-10-22-38(27-29-12-6-5-7-13-29)34-15-9-8-14-32(34)28-39/h5-9,12-19,31H,1-4,10-11,20-28H2. The number of carbonyl (C=O) groups is 1. The van der Waals surface area contributed by atoms with Gasteiger partial charge in [0.05, 0.1) is 0 Å². The number of amides is 1. The van der Waals surface area contributed by atoms with Crippen LogP contribution < -0.4 is 4.90 Å². The third-order valence-electron chi connectivity index (χ3n) is 8.58. The Hall–Kier alpha value is -3.18. The minimum Gasteiger partial charge on any atom is -0.367 e. The van der Waals surface area contributed by atoms with E-state index in [0.717, 1.165) is 64.1 Å². The lowest BCUT2D eigenvalue weighted by Gasteiger charge is -2.35. The molecule has 5 heteroatoms. The van der Waals surface area contributed by atoms with E-state index < -0.39 is 0 Å². The maximum Gasteiger partial charge on any atom is 0.226 e. The van der Waals surface area contributed by atoms with Gasteiger partial charge in [0.1, 0.15) is 5.82 Å². The van der Waals surface area contributed by atoms with Crippen LogP contribution in [0.15, 0.2) is 78.9 Å². The number of fused-ring (bicyclic) bond motifs is 1. The van der Waals surface area contributed by atoms with Gasteiger partial charge in [-0.05, 0) is 73.7 Å². The number of piperidine rings is 1. The first-order chi connectivity index (χ1) is 19.7. The largest absolute Gasteiger partial charge is 0.367 e. The van der Waals surface area contributed by atoms with Gasteiger partial charge in [-0.25, -0.2) is 4.39 Å². The molecule has 0 aliphatic carbocycles. The number of hydrogen-bond acceptors (Lipinski definition) is 3. The predicted molar refractivity (Wildman–Crippen MR) is 161 cm³/mol. The van der Waals surface area contributed by atoms with E-state index in [1.54, 1.807) is 0 Å². The lowest BCUT2D eigenvalue weighted by Crippen LogP contribution is -2.42. The van der Waals surface area contributed by atoms with Gasteiger partial charge in [-0.15, -0.1) is 0 Å². The Morgan fingerprint density at radius 1 is 0.675 bits per heavy atom. The predicted octanol–water partition coefficient (Wildman–Crippen LogP) is 7.43. The topological polar surface area (TPSA) is 26.8 Å². The second kappa shape index (κ2) is 14.5. The molecule has 2 aliphatic rings. The zero-order valence-corrected chi connectivity index (χ0v) is 23.8. The molecule has 5 rings (SSSR count). The third-order valence-corrected chi connectivity index (χ3v) is 8.58. The first kappa shape index (κ1) is 28.4. The Kier molecular flexibility index (Phi) is 10.2. The Morgan fingerprint density at radius 3 is 2.05 bits per heavy atom. The zero-order chi connectivity index (χ0) is 27.6. The Bertz CT molecular complexity index is 1190. The fourth-order valence-electron chi connectivity index (χ4n) is 6.27. The van der Waals surface area contributed by atoms with Crippen molar-refractivity contribution in [2.45, 2.75) is 71.0 Å². The van der Waals surface area contributed by atoms with Crippen molar-refractivity contribution in [1.82, 2.24) is 9.80 Å². The molecule has 212 valence electrons. The third kappa shape index (κ3) is 7.94. The summed E-state index contributed by atoms with van der Waals surface area (Å²) >= 11 is 0. The minimum absolute atomic E-state index is 0.0766. The van der Waals surface area contributed by atoms with Gasteiger partial charge >= 0.3 is 0 Å². The molecule has 3 aromatic rings. The van der Waals surface area contributed by atoms with Crippen LogP contribution in [0.4, 0.5) is 10.1 Å². The van der Waals surface area contributed by atoms with Crippen molar-refractivity contribution in [3.05, 3.63) is 101 Å². The van der Waals surface area contributed by atoms with Crippen molar-refractivity contribution in [1.29, 1.82) is 0 Å². The second-order valence-electron chi connectivity index (χ2n) is 11.6. The molecule has 0 bridgehead atoms. The molecule has 0 spiro atoms. The molecule has 0 radical (unpaired) electrons. The zero-order valence-electron chi connectivity index (χ0n) is 23.8. The number of benzene rings is 3. The molecule has 1 saturated heterocycles. The SMILES string of the molecule is O=C(C1CCN(Cc2ccc(F)cc2)CC1)N1CCCCCCCCN(Cc2ccccc2)c2ccccc2C1. The van der Waals surface area contributed by atoms with Gasteiger partial charge in [-0.2, -0.15) is 0 Å². The molecule has 0 unspecified atom stereocenters. The van der Waals surface area contributed by atoms with Crippen LogP contribution in [0, 0.1) is 11.7 Å². The second-order valence-corrected chi connectivity index (χ2v) is 11.6. The van der Waals surface area contributed by atoms with Crippen LogP contribution in [0.3, 0.4) is 0 Å². The maximum absolute atomic E-state index is 14.0. The number of nitrogens with zero attached hydrogens (tertiary/aromatic N) is 3. The van der Waals surface area contributed by atoms with E-state index in [9.17, 15) is 9.18 Å². The van der Waals surface area contributed by atoms with Crippen LogP contribution >= 0.6 is 0 Å². The normalized spacial score (nSPS) is 18.3.